The van der Waals surface area contributed by atoms with Gasteiger partial charge in [-0.15, -0.1) is 0 Å². The van der Waals surface area contributed by atoms with Gasteiger partial charge in [-0.05, 0) is 44.0 Å². The monoisotopic (exact) mass is 301 g/mol. The predicted molar refractivity (Wildman–Crippen MR) is 83.3 cm³/mol. The van der Waals surface area contributed by atoms with Gasteiger partial charge >= 0.3 is 5.97 Å². The van der Waals surface area contributed by atoms with Crippen LogP contribution in [0.4, 0.5) is 0 Å². The number of nitrogens with zero attached hydrogens (tertiary/aromatic N) is 1. The molecule has 0 fully saturated rings. The lowest BCUT2D eigenvalue weighted by atomic mass is 10.1. The van der Waals surface area contributed by atoms with E-state index in [9.17, 15) is 14.7 Å². The second kappa shape index (κ2) is 6.47. The quantitative estimate of drug-likeness (QED) is 0.879. The first-order valence-electron chi connectivity index (χ1n) is 7.01. The Morgan fingerprint density at radius 3 is 2.45 bits per heavy atom. The highest BCUT2D eigenvalue weighted by Gasteiger charge is 2.09. The Hall–Kier alpha value is -2.56. The van der Waals surface area contributed by atoms with Crippen molar-refractivity contribution in [2.24, 2.45) is 0 Å². The SMILES string of the molecule is COC(=O)c1ccc(CCn2c(C)cc(O)c(C)c2=O)cc1. The second-order valence-corrected chi connectivity index (χ2v) is 5.19. The van der Waals surface area contributed by atoms with Gasteiger partial charge in [0.15, 0.2) is 0 Å². The van der Waals surface area contributed by atoms with E-state index in [1.54, 1.807) is 36.6 Å². The molecule has 0 aliphatic rings. The molecule has 116 valence electrons. The van der Waals surface area contributed by atoms with Crippen LogP contribution >= 0.6 is 0 Å². The molecule has 2 aromatic rings. The van der Waals surface area contributed by atoms with Gasteiger partial charge in [-0.2, -0.15) is 0 Å². The summed E-state index contributed by atoms with van der Waals surface area (Å²) in [5, 5.41) is 9.64. The number of ether oxygens (including phenoxy) is 1. The summed E-state index contributed by atoms with van der Waals surface area (Å²) in [6.07, 6.45) is 0.659. The summed E-state index contributed by atoms with van der Waals surface area (Å²) in [6, 6.07) is 8.70. The molecule has 0 spiro atoms. The van der Waals surface area contributed by atoms with E-state index in [4.69, 9.17) is 0 Å². The Labute approximate surface area is 128 Å². The summed E-state index contributed by atoms with van der Waals surface area (Å²) in [5.41, 5.74) is 2.42. The normalized spacial score (nSPS) is 10.5. The van der Waals surface area contributed by atoms with Crippen LogP contribution in [0.25, 0.3) is 0 Å². The number of pyridine rings is 1. The minimum atomic E-state index is -0.368. The third kappa shape index (κ3) is 3.19. The molecule has 0 unspecified atom stereocenters. The summed E-state index contributed by atoms with van der Waals surface area (Å²) in [5.74, 6) is -0.339. The summed E-state index contributed by atoms with van der Waals surface area (Å²) >= 11 is 0. The number of carbonyl (C=O) groups is 1. The number of rotatable bonds is 4. The highest BCUT2D eigenvalue weighted by atomic mass is 16.5. The first-order valence-corrected chi connectivity index (χ1v) is 7.01. The maximum atomic E-state index is 12.2. The van der Waals surface area contributed by atoms with E-state index in [1.807, 2.05) is 12.1 Å². The van der Waals surface area contributed by atoms with E-state index in [2.05, 4.69) is 4.74 Å². The van der Waals surface area contributed by atoms with Crippen LogP contribution in [0.2, 0.25) is 0 Å². The summed E-state index contributed by atoms with van der Waals surface area (Å²) in [7, 11) is 1.35. The minimum absolute atomic E-state index is 0.0289. The van der Waals surface area contributed by atoms with Crippen molar-refractivity contribution >= 4 is 5.97 Å². The molecule has 5 nitrogen and oxygen atoms in total. The molecular weight excluding hydrogens is 282 g/mol. The van der Waals surface area contributed by atoms with E-state index >= 15 is 0 Å². The zero-order valence-corrected chi connectivity index (χ0v) is 12.9. The number of aromatic nitrogens is 1. The molecule has 0 aliphatic carbocycles. The number of carbonyl (C=O) groups excluding carboxylic acids is 1. The molecule has 1 aromatic heterocycles. The van der Waals surface area contributed by atoms with Crippen molar-refractivity contribution in [1.82, 2.24) is 4.57 Å². The maximum Gasteiger partial charge on any atom is 0.337 e. The Bertz CT molecular complexity index is 744. The van der Waals surface area contributed by atoms with Crippen LogP contribution in [0.5, 0.6) is 5.75 Å². The van der Waals surface area contributed by atoms with E-state index < -0.39 is 0 Å². The van der Waals surface area contributed by atoms with Crippen LogP contribution in [-0.4, -0.2) is 22.8 Å². The molecule has 1 N–H and O–H groups in total. The number of methoxy groups -OCH3 is 1. The molecule has 0 amide bonds. The van der Waals surface area contributed by atoms with E-state index in [0.29, 0.717) is 24.1 Å². The van der Waals surface area contributed by atoms with Crippen LogP contribution < -0.4 is 5.56 Å². The van der Waals surface area contributed by atoms with Crippen molar-refractivity contribution < 1.29 is 14.6 Å². The van der Waals surface area contributed by atoms with Crippen molar-refractivity contribution in [1.29, 1.82) is 0 Å². The number of esters is 1. The molecule has 0 saturated heterocycles. The zero-order chi connectivity index (χ0) is 16.3. The largest absolute Gasteiger partial charge is 0.507 e. The Morgan fingerprint density at radius 1 is 1.23 bits per heavy atom. The van der Waals surface area contributed by atoms with Crippen LogP contribution in [0, 0.1) is 13.8 Å². The van der Waals surface area contributed by atoms with Crippen LogP contribution in [0.15, 0.2) is 35.1 Å². The van der Waals surface area contributed by atoms with Gasteiger partial charge in [0.05, 0.1) is 18.2 Å². The van der Waals surface area contributed by atoms with Gasteiger partial charge in [-0.25, -0.2) is 4.79 Å². The molecule has 1 aromatic carbocycles. The number of aromatic hydroxyl groups is 1. The standard InChI is InChI=1S/C17H19NO4/c1-11-10-15(19)12(2)16(20)18(11)9-8-13-4-6-14(7-5-13)17(21)22-3/h4-7,10,19H,8-9H2,1-3H3. The van der Waals surface area contributed by atoms with E-state index in [0.717, 1.165) is 11.3 Å². The highest BCUT2D eigenvalue weighted by molar-refractivity contribution is 5.89. The Morgan fingerprint density at radius 2 is 1.86 bits per heavy atom. The molecule has 0 saturated carbocycles. The van der Waals surface area contributed by atoms with Gasteiger partial charge in [0.25, 0.3) is 5.56 Å². The lowest BCUT2D eigenvalue weighted by Crippen LogP contribution is -2.25. The van der Waals surface area contributed by atoms with Gasteiger partial charge in [0, 0.05) is 12.2 Å². The first-order chi connectivity index (χ1) is 10.4. The van der Waals surface area contributed by atoms with Gasteiger partial charge in [0.2, 0.25) is 0 Å². The molecular formula is C17H19NO4. The van der Waals surface area contributed by atoms with Crippen LogP contribution in [0.1, 0.15) is 27.2 Å². The van der Waals surface area contributed by atoms with Crippen molar-refractivity contribution in [3.05, 3.63) is 63.1 Å². The molecule has 22 heavy (non-hydrogen) atoms. The number of aryl methyl sites for hydroxylation is 2. The average Bonchev–Trinajstić information content (AvgIpc) is 2.52. The van der Waals surface area contributed by atoms with Gasteiger partial charge in [-0.3, -0.25) is 4.79 Å². The number of hydrogen-bond donors (Lipinski definition) is 1. The summed E-state index contributed by atoms with van der Waals surface area (Å²) in [6.45, 7) is 3.92. The fourth-order valence-corrected chi connectivity index (χ4v) is 2.30. The third-order valence-corrected chi connectivity index (χ3v) is 3.72. The molecule has 0 radical (unpaired) electrons. The highest BCUT2D eigenvalue weighted by Crippen LogP contribution is 2.14. The summed E-state index contributed by atoms with van der Waals surface area (Å²) < 4.78 is 6.30. The average molecular weight is 301 g/mol. The van der Waals surface area contributed by atoms with Gasteiger partial charge in [0.1, 0.15) is 5.75 Å². The molecule has 0 bridgehead atoms. The zero-order valence-electron chi connectivity index (χ0n) is 12.9. The third-order valence-electron chi connectivity index (χ3n) is 3.72. The molecule has 1 heterocycles. The smallest absolute Gasteiger partial charge is 0.337 e. The Balaban J connectivity index is 2.16. The maximum absolute atomic E-state index is 12.2. The fourth-order valence-electron chi connectivity index (χ4n) is 2.30. The van der Waals surface area contributed by atoms with Crippen molar-refractivity contribution in [3.8, 4) is 5.75 Å². The lowest BCUT2D eigenvalue weighted by Gasteiger charge is -2.12. The second-order valence-electron chi connectivity index (χ2n) is 5.19. The predicted octanol–water partition coefficient (Wildman–Crippen LogP) is 2.20. The number of hydrogen-bond acceptors (Lipinski definition) is 4. The number of benzene rings is 1. The van der Waals surface area contributed by atoms with Crippen molar-refractivity contribution in [3.63, 3.8) is 0 Å². The topological polar surface area (TPSA) is 68.5 Å². The van der Waals surface area contributed by atoms with Crippen LogP contribution in [-0.2, 0) is 17.7 Å². The Kier molecular flexibility index (Phi) is 4.65. The van der Waals surface area contributed by atoms with Crippen molar-refractivity contribution in [2.45, 2.75) is 26.8 Å². The van der Waals surface area contributed by atoms with E-state index in [1.165, 1.54) is 7.11 Å². The van der Waals surface area contributed by atoms with E-state index in [-0.39, 0.29) is 17.3 Å². The molecule has 2 rings (SSSR count). The van der Waals surface area contributed by atoms with Gasteiger partial charge < -0.3 is 14.4 Å². The lowest BCUT2D eigenvalue weighted by molar-refractivity contribution is 0.0600. The van der Waals surface area contributed by atoms with Crippen molar-refractivity contribution in [2.75, 3.05) is 7.11 Å². The fraction of sp³-hybridized carbons (Fsp3) is 0.294. The molecule has 0 atom stereocenters. The van der Waals surface area contributed by atoms with Crippen LogP contribution in [0.3, 0.4) is 0 Å². The minimum Gasteiger partial charge on any atom is -0.507 e. The van der Waals surface area contributed by atoms with Gasteiger partial charge in [-0.1, -0.05) is 12.1 Å². The molecule has 0 aliphatic heterocycles. The summed E-state index contributed by atoms with van der Waals surface area (Å²) in [4.78, 5) is 23.5. The molecule has 5 heteroatoms. The first kappa shape index (κ1) is 15.8.